The Morgan fingerprint density at radius 1 is 0.966 bits per heavy atom. The van der Waals surface area contributed by atoms with Gasteiger partial charge in [0.1, 0.15) is 23.3 Å². The molecule has 0 saturated carbocycles. The lowest BCUT2D eigenvalue weighted by molar-refractivity contribution is -0.136. The molecule has 0 spiro atoms. The van der Waals surface area contributed by atoms with Gasteiger partial charge in [-0.05, 0) is 86.1 Å². The number of carbonyl (C=O) groups excluding carboxylic acids is 5. The number of amides is 4. The minimum absolute atomic E-state index is 0.0756. The van der Waals surface area contributed by atoms with Crippen LogP contribution in [0.4, 0.5) is 29.0 Å². The lowest BCUT2D eigenvalue weighted by Gasteiger charge is -2.36. The van der Waals surface area contributed by atoms with E-state index in [1.807, 2.05) is 49.4 Å². The molecular weight excluding hydrogens is 751 g/mol. The predicted molar refractivity (Wildman–Crippen MR) is 221 cm³/mol. The molecule has 2 fully saturated rings. The Morgan fingerprint density at radius 3 is 2.49 bits per heavy atom. The number of piperidine rings is 1. The highest BCUT2D eigenvalue weighted by Crippen LogP contribution is 2.39. The van der Waals surface area contributed by atoms with Crippen molar-refractivity contribution in [2.45, 2.75) is 76.5 Å². The van der Waals surface area contributed by atoms with Gasteiger partial charge >= 0.3 is 0 Å². The van der Waals surface area contributed by atoms with Gasteiger partial charge in [-0.1, -0.05) is 31.2 Å². The highest BCUT2D eigenvalue weighted by atomic mass is 16.3. The van der Waals surface area contributed by atoms with Crippen LogP contribution in [0.25, 0.3) is 0 Å². The monoisotopic (exact) mass is 797 g/mol. The van der Waals surface area contributed by atoms with Crippen molar-refractivity contribution >= 4 is 58.4 Å². The van der Waals surface area contributed by atoms with Crippen LogP contribution in [0.15, 0.2) is 73.4 Å². The third kappa shape index (κ3) is 8.08. The fourth-order valence-electron chi connectivity index (χ4n) is 8.27. The summed E-state index contributed by atoms with van der Waals surface area (Å²) in [6, 6.07) is 16.1. The van der Waals surface area contributed by atoms with E-state index in [-0.39, 0.29) is 29.8 Å². The normalized spacial score (nSPS) is 20.3. The quantitative estimate of drug-likeness (QED) is 0.0567. The van der Waals surface area contributed by atoms with E-state index in [0.717, 1.165) is 73.0 Å². The van der Waals surface area contributed by atoms with Crippen LogP contribution in [-0.4, -0.2) is 91.5 Å². The molecule has 4 aromatic rings. The Labute approximate surface area is 341 Å². The summed E-state index contributed by atoms with van der Waals surface area (Å²) in [6.45, 7) is 9.45. The van der Waals surface area contributed by atoms with Gasteiger partial charge in [0.15, 0.2) is 5.78 Å². The predicted octanol–water partition coefficient (Wildman–Crippen LogP) is 5.17. The fourth-order valence-corrected chi connectivity index (χ4v) is 8.27. The Morgan fingerprint density at radius 2 is 1.75 bits per heavy atom. The van der Waals surface area contributed by atoms with Crippen molar-refractivity contribution in [3.63, 3.8) is 0 Å². The van der Waals surface area contributed by atoms with E-state index in [0.29, 0.717) is 54.5 Å². The minimum atomic E-state index is -0.995. The highest BCUT2D eigenvalue weighted by Gasteiger charge is 2.45. The number of hydrogen-bond donors (Lipinski definition) is 4. The summed E-state index contributed by atoms with van der Waals surface area (Å²) < 4.78 is 0. The number of rotatable bonds is 14. The second-order valence-electron chi connectivity index (χ2n) is 15.5. The number of ketones is 1. The zero-order valence-corrected chi connectivity index (χ0v) is 33.0. The first-order valence-corrected chi connectivity index (χ1v) is 20.2. The molecule has 5 heterocycles. The van der Waals surface area contributed by atoms with E-state index in [4.69, 9.17) is 9.97 Å². The average molecular weight is 798 g/mol. The van der Waals surface area contributed by atoms with Crippen LogP contribution in [0.5, 0.6) is 0 Å². The molecule has 15 heteroatoms. The summed E-state index contributed by atoms with van der Waals surface area (Å²) in [4.78, 5) is 83.3. The summed E-state index contributed by atoms with van der Waals surface area (Å²) in [6.07, 6.45) is 7.18. The van der Waals surface area contributed by atoms with Gasteiger partial charge in [-0.3, -0.25) is 39.1 Å². The van der Waals surface area contributed by atoms with Gasteiger partial charge in [-0.2, -0.15) is 4.98 Å². The van der Waals surface area contributed by atoms with Crippen LogP contribution < -0.4 is 20.9 Å². The van der Waals surface area contributed by atoms with Gasteiger partial charge in [0, 0.05) is 63.1 Å². The zero-order valence-electron chi connectivity index (χ0n) is 33.0. The molecule has 1 aliphatic carbocycles. The molecule has 4 N–H and O–H groups in total. The molecule has 59 heavy (non-hydrogen) atoms. The number of carbonyl (C=O) groups is 5. The number of benzene rings is 2. The maximum absolute atomic E-state index is 13.3. The maximum atomic E-state index is 13.3. The second-order valence-corrected chi connectivity index (χ2v) is 15.5. The Bertz CT molecular complexity index is 2340. The van der Waals surface area contributed by atoms with Gasteiger partial charge in [-0.15, -0.1) is 6.58 Å². The topological polar surface area (TPSA) is 190 Å². The van der Waals surface area contributed by atoms with Crippen molar-refractivity contribution in [2.75, 3.05) is 41.7 Å². The van der Waals surface area contributed by atoms with Gasteiger partial charge < -0.3 is 20.6 Å². The number of hydrogen-bond acceptors (Lipinski definition) is 13. The summed E-state index contributed by atoms with van der Waals surface area (Å²) in [5.41, 5.74) is 4.35. The van der Waals surface area contributed by atoms with E-state index >= 15 is 0 Å². The van der Waals surface area contributed by atoms with E-state index in [1.54, 1.807) is 18.2 Å². The first-order chi connectivity index (χ1) is 28.5. The summed E-state index contributed by atoms with van der Waals surface area (Å²) >= 11 is 0. The zero-order chi connectivity index (χ0) is 41.3. The number of pyridine rings is 1. The molecule has 0 radical (unpaired) electrons. The SMILES string of the molecule is C=CCCCC(=O)c1cnc(Nc2ccc(CN3CCN(c4ccc5c(c4)C(=O)N(C4CCC(=O)NC4=O)C5=O)CC3)cc2)nc1Nc1ccc2c(n1)[C@@](O)(CC)CC2. The molecule has 0 bridgehead atoms. The third-order valence-corrected chi connectivity index (χ3v) is 11.7. The van der Waals surface area contributed by atoms with E-state index in [1.165, 1.54) is 6.20 Å². The second kappa shape index (κ2) is 16.5. The van der Waals surface area contributed by atoms with Crippen LogP contribution >= 0.6 is 0 Å². The Balaban J connectivity index is 0.892. The van der Waals surface area contributed by atoms with Crippen LogP contribution in [0.2, 0.25) is 0 Å². The molecule has 15 nitrogen and oxygen atoms in total. The number of aryl methyl sites for hydroxylation is 1. The van der Waals surface area contributed by atoms with Crippen molar-refractivity contribution in [3.8, 4) is 0 Å². The third-order valence-electron chi connectivity index (χ3n) is 11.7. The number of aromatic nitrogens is 3. The smallest absolute Gasteiger partial charge is 0.262 e. The molecule has 3 aliphatic heterocycles. The van der Waals surface area contributed by atoms with Crippen molar-refractivity contribution < 1.29 is 29.1 Å². The number of aliphatic hydroxyl groups is 1. The molecule has 4 aliphatic rings. The van der Waals surface area contributed by atoms with E-state index < -0.39 is 35.3 Å². The molecule has 304 valence electrons. The summed E-state index contributed by atoms with van der Waals surface area (Å²) in [5, 5.41) is 19.9. The molecule has 2 aromatic carbocycles. The molecule has 4 amide bonds. The Kier molecular flexibility index (Phi) is 11.1. The number of unbranched alkanes of at least 4 members (excludes halogenated alkanes) is 1. The minimum Gasteiger partial charge on any atom is -0.384 e. The molecule has 2 atom stereocenters. The van der Waals surface area contributed by atoms with Gasteiger partial charge in [-0.25, -0.2) is 9.97 Å². The van der Waals surface area contributed by atoms with Crippen LogP contribution in [0.1, 0.15) is 99.8 Å². The standard InChI is InChI=1S/C44H47N9O6/c1-3-5-6-7-35(54)33-25-45-43(50-39(33)48-36-16-10-28-18-19-44(59,4-2)38(28)47-36)46-29-11-8-27(9-12-29)26-51-20-22-52(23-21-51)30-13-14-31-32(24-30)42(58)53(41(31)57)34-15-17-37(55)49-40(34)56/h3,8-14,16,24-25,34,59H,1,4-7,15,17-23,26H2,2H3,(H,49,55,56)(H2,45,46,47,48,50)/t34?,44-/m1/s1. The van der Waals surface area contributed by atoms with Crippen LogP contribution in [0, 0.1) is 0 Å². The largest absolute Gasteiger partial charge is 0.384 e. The Hall–Kier alpha value is -6.32. The molecule has 2 aromatic heterocycles. The van der Waals surface area contributed by atoms with Crippen molar-refractivity contribution in [3.05, 3.63) is 107 Å². The fraction of sp³-hybridized carbons (Fsp3) is 0.364. The summed E-state index contributed by atoms with van der Waals surface area (Å²) in [5.74, 6) is -1.01. The van der Waals surface area contributed by atoms with Crippen molar-refractivity contribution in [1.29, 1.82) is 0 Å². The van der Waals surface area contributed by atoms with Crippen LogP contribution in [-0.2, 0) is 28.2 Å². The molecule has 2 saturated heterocycles. The number of anilines is 5. The van der Waals surface area contributed by atoms with E-state index in [9.17, 15) is 29.1 Å². The van der Waals surface area contributed by atoms with Gasteiger partial charge in [0.2, 0.25) is 17.8 Å². The lowest BCUT2D eigenvalue weighted by atomic mass is 9.98. The molecular formula is C44H47N9O6. The number of piperazine rings is 1. The number of Topliss-reactive ketones (excluding diaryl/α,β-unsaturated/α-hetero) is 1. The number of nitrogens with zero attached hydrogens (tertiary/aromatic N) is 6. The number of imide groups is 2. The van der Waals surface area contributed by atoms with Crippen LogP contribution in [0.3, 0.4) is 0 Å². The van der Waals surface area contributed by atoms with Gasteiger partial charge in [0.25, 0.3) is 11.8 Å². The average Bonchev–Trinajstić information content (AvgIpc) is 3.70. The molecule has 8 rings (SSSR count). The number of fused-ring (bicyclic) bond motifs is 2. The summed E-state index contributed by atoms with van der Waals surface area (Å²) in [7, 11) is 0. The van der Waals surface area contributed by atoms with Crippen molar-refractivity contribution in [2.24, 2.45) is 0 Å². The van der Waals surface area contributed by atoms with E-state index in [2.05, 4.69) is 37.3 Å². The number of nitrogens with one attached hydrogen (secondary N) is 3. The van der Waals surface area contributed by atoms with Gasteiger partial charge in [0.05, 0.1) is 22.4 Å². The van der Waals surface area contributed by atoms with Crippen molar-refractivity contribution in [1.82, 2.24) is 30.1 Å². The first kappa shape index (κ1) is 39.5. The number of allylic oxidation sites excluding steroid dienone is 1. The highest BCUT2D eigenvalue weighted by molar-refractivity contribution is 6.23. The lowest BCUT2D eigenvalue weighted by Crippen LogP contribution is -2.54. The molecule has 1 unspecified atom stereocenters. The first-order valence-electron chi connectivity index (χ1n) is 20.2. The maximum Gasteiger partial charge on any atom is 0.262 e.